The van der Waals surface area contributed by atoms with Gasteiger partial charge in [-0.1, -0.05) is 12.1 Å². The van der Waals surface area contributed by atoms with Gasteiger partial charge in [0, 0.05) is 93.7 Å². The standard InChI is InChI=1S/C33H44FN5O2/c1-26-30(9-11-33(40)38-22-20-37(21-23-38)15-12-27-6-4-7-28(34)24-27)31-25-29(41-3)8-10-32(31)39(26)14-5-13-36-18-16-35(2)17-19-36/h4,6-11,24-25H,5,12-23H2,1-3H3. The molecule has 8 heteroatoms. The minimum absolute atomic E-state index is 0.0491. The van der Waals surface area contributed by atoms with E-state index in [0.29, 0.717) is 13.1 Å². The SMILES string of the molecule is COc1ccc2c(c1)c(C=CC(=O)N1CCN(CCc3cccc(F)c3)CC1)c(C)n2CCCN1CCN(C)CC1. The lowest BCUT2D eigenvalue weighted by Crippen LogP contribution is -2.48. The van der Waals surface area contributed by atoms with Crippen LogP contribution in [0.2, 0.25) is 0 Å². The molecule has 3 aromatic rings. The average molecular weight is 562 g/mol. The maximum absolute atomic E-state index is 13.5. The van der Waals surface area contributed by atoms with Crippen LogP contribution in [0.25, 0.3) is 17.0 Å². The van der Waals surface area contributed by atoms with Crippen molar-refractivity contribution in [3.8, 4) is 5.75 Å². The van der Waals surface area contributed by atoms with Crippen molar-refractivity contribution in [2.45, 2.75) is 26.3 Å². The minimum Gasteiger partial charge on any atom is -0.497 e. The first kappa shape index (κ1) is 29.3. The summed E-state index contributed by atoms with van der Waals surface area (Å²) in [4.78, 5) is 22.4. The molecule has 2 aliphatic heterocycles. The molecule has 0 unspecified atom stereocenters. The molecule has 1 amide bonds. The Bertz CT molecular complexity index is 1350. The summed E-state index contributed by atoms with van der Waals surface area (Å²) in [5.74, 6) is 0.683. The Morgan fingerprint density at radius 1 is 0.927 bits per heavy atom. The summed E-state index contributed by atoms with van der Waals surface area (Å²) in [5, 5.41) is 1.12. The normalized spacial score (nSPS) is 17.6. The van der Waals surface area contributed by atoms with E-state index in [1.165, 1.54) is 17.3 Å². The van der Waals surface area contributed by atoms with E-state index in [-0.39, 0.29) is 11.7 Å². The first-order valence-electron chi connectivity index (χ1n) is 14.9. The van der Waals surface area contributed by atoms with Gasteiger partial charge in [0.2, 0.25) is 5.91 Å². The molecule has 0 aliphatic carbocycles. The molecule has 220 valence electrons. The molecule has 41 heavy (non-hydrogen) atoms. The van der Waals surface area contributed by atoms with Gasteiger partial charge in [0.25, 0.3) is 0 Å². The topological polar surface area (TPSA) is 44.2 Å². The maximum Gasteiger partial charge on any atom is 0.246 e. The number of nitrogens with zero attached hydrogens (tertiary/aromatic N) is 5. The molecule has 0 radical (unpaired) electrons. The molecule has 3 heterocycles. The van der Waals surface area contributed by atoms with E-state index in [0.717, 1.165) is 94.0 Å². The third-order valence-corrected chi connectivity index (χ3v) is 8.71. The largest absolute Gasteiger partial charge is 0.497 e. The maximum atomic E-state index is 13.5. The number of hydrogen-bond donors (Lipinski definition) is 0. The summed E-state index contributed by atoms with van der Waals surface area (Å²) >= 11 is 0. The van der Waals surface area contributed by atoms with Crippen molar-refractivity contribution in [1.82, 2.24) is 24.2 Å². The zero-order valence-corrected chi connectivity index (χ0v) is 24.8. The Morgan fingerprint density at radius 3 is 2.39 bits per heavy atom. The highest BCUT2D eigenvalue weighted by atomic mass is 19.1. The molecule has 2 saturated heterocycles. The number of carbonyl (C=O) groups is 1. The number of rotatable bonds is 10. The van der Waals surface area contributed by atoms with Crippen LogP contribution in [0.3, 0.4) is 0 Å². The number of fused-ring (bicyclic) bond motifs is 1. The molecular formula is C33H44FN5O2. The first-order valence-corrected chi connectivity index (χ1v) is 14.9. The van der Waals surface area contributed by atoms with Crippen LogP contribution in [0.4, 0.5) is 4.39 Å². The van der Waals surface area contributed by atoms with Crippen molar-refractivity contribution >= 4 is 22.9 Å². The van der Waals surface area contributed by atoms with Crippen LogP contribution >= 0.6 is 0 Å². The molecule has 0 N–H and O–H groups in total. The lowest BCUT2D eigenvalue weighted by molar-refractivity contribution is -0.127. The lowest BCUT2D eigenvalue weighted by atomic mass is 10.1. The first-order chi connectivity index (χ1) is 19.9. The number of carbonyl (C=O) groups excluding carboxylic acids is 1. The predicted octanol–water partition coefficient (Wildman–Crippen LogP) is 4.14. The van der Waals surface area contributed by atoms with E-state index in [2.05, 4.69) is 45.4 Å². The number of piperazine rings is 2. The highest BCUT2D eigenvalue weighted by Crippen LogP contribution is 2.31. The van der Waals surface area contributed by atoms with Crippen molar-refractivity contribution in [2.75, 3.05) is 79.6 Å². The van der Waals surface area contributed by atoms with Crippen LogP contribution < -0.4 is 4.74 Å². The van der Waals surface area contributed by atoms with Crippen molar-refractivity contribution in [3.05, 3.63) is 71.2 Å². The van der Waals surface area contributed by atoms with Crippen molar-refractivity contribution in [1.29, 1.82) is 0 Å². The van der Waals surface area contributed by atoms with Crippen LogP contribution in [0, 0.1) is 12.7 Å². The Kier molecular flexibility index (Phi) is 9.75. The van der Waals surface area contributed by atoms with Gasteiger partial charge >= 0.3 is 0 Å². The number of hydrogen-bond acceptors (Lipinski definition) is 5. The Morgan fingerprint density at radius 2 is 1.66 bits per heavy atom. The van der Waals surface area contributed by atoms with Gasteiger partial charge in [-0.3, -0.25) is 9.69 Å². The van der Waals surface area contributed by atoms with E-state index >= 15 is 0 Å². The van der Waals surface area contributed by atoms with Gasteiger partial charge < -0.3 is 24.0 Å². The number of halogens is 1. The monoisotopic (exact) mass is 561 g/mol. The zero-order valence-electron chi connectivity index (χ0n) is 24.8. The third-order valence-electron chi connectivity index (χ3n) is 8.71. The number of likely N-dealkylation sites (N-methyl/N-ethyl adjacent to an activating group) is 1. The van der Waals surface area contributed by atoms with Crippen molar-refractivity contribution < 1.29 is 13.9 Å². The van der Waals surface area contributed by atoms with Gasteiger partial charge in [-0.25, -0.2) is 4.39 Å². The van der Waals surface area contributed by atoms with Crippen LogP contribution in [-0.4, -0.2) is 110 Å². The summed E-state index contributed by atoms with van der Waals surface area (Å²) in [6.45, 7) is 12.7. The summed E-state index contributed by atoms with van der Waals surface area (Å²) in [6, 6.07) is 13.1. The van der Waals surface area contributed by atoms with Crippen LogP contribution in [0.5, 0.6) is 5.75 Å². The molecule has 2 aromatic carbocycles. The van der Waals surface area contributed by atoms with Crippen LogP contribution in [-0.2, 0) is 17.8 Å². The van der Waals surface area contributed by atoms with E-state index in [1.54, 1.807) is 25.3 Å². The van der Waals surface area contributed by atoms with Gasteiger partial charge in [-0.05, 0) is 75.3 Å². The van der Waals surface area contributed by atoms with Crippen LogP contribution in [0.1, 0.15) is 23.2 Å². The van der Waals surface area contributed by atoms with Gasteiger partial charge in [-0.15, -0.1) is 0 Å². The molecule has 2 fully saturated rings. The number of amides is 1. The number of benzene rings is 2. The second-order valence-corrected chi connectivity index (χ2v) is 11.4. The van der Waals surface area contributed by atoms with Gasteiger partial charge in [-0.2, -0.15) is 0 Å². The Balaban J connectivity index is 1.21. The molecule has 5 rings (SSSR count). The van der Waals surface area contributed by atoms with Gasteiger partial charge in [0.15, 0.2) is 0 Å². The van der Waals surface area contributed by atoms with Gasteiger partial charge in [0.1, 0.15) is 11.6 Å². The molecule has 2 aliphatic rings. The number of ether oxygens (including phenoxy) is 1. The Labute approximate surface area is 243 Å². The molecule has 0 saturated carbocycles. The fraction of sp³-hybridized carbons (Fsp3) is 0.485. The molecular weight excluding hydrogens is 517 g/mol. The van der Waals surface area contributed by atoms with Crippen molar-refractivity contribution in [3.63, 3.8) is 0 Å². The zero-order chi connectivity index (χ0) is 28.8. The quantitative estimate of drug-likeness (QED) is 0.349. The Hall–Kier alpha value is -3.20. The van der Waals surface area contributed by atoms with Gasteiger partial charge in [0.05, 0.1) is 7.11 Å². The summed E-state index contributed by atoms with van der Waals surface area (Å²) in [6.07, 6.45) is 5.63. The van der Waals surface area contributed by atoms with Crippen LogP contribution in [0.15, 0.2) is 48.5 Å². The number of aromatic nitrogens is 1. The van der Waals surface area contributed by atoms with E-state index in [1.807, 2.05) is 23.1 Å². The minimum atomic E-state index is -0.188. The average Bonchev–Trinajstić information content (AvgIpc) is 3.25. The smallest absolute Gasteiger partial charge is 0.246 e. The van der Waals surface area contributed by atoms with E-state index in [4.69, 9.17) is 4.74 Å². The lowest BCUT2D eigenvalue weighted by Gasteiger charge is -2.34. The molecule has 0 spiro atoms. The molecule has 0 atom stereocenters. The number of aryl methyl sites for hydroxylation is 1. The summed E-state index contributed by atoms with van der Waals surface area (Å²) in [5.41, 5.74) is 4.45. The third kappa shape index (κ3) is 7.36. The second kappa shape index (κ2) is 13.6. The summed E-state index contributed by atoms with van der Waals surface area (Å²) in [7, 11) is 3.88. The molecule has 7 nitrogen and oxygen atoms in total. The molecule has 1 aromatic heterocycles. The van der Waals surface area contributed by atoms with E-state index in [9.17, 15) is 9.18 Å². The molecule has 0 bridgehead atoms. The van der Waals surface area contributed by atoms with Crippen molar-refractivity contribution in [2.24, 2.45) is 0 Å². The highest BCUT2D eigenvalue weighted by Gasteiger charge is 2.20. The number of methoxy groups -OCH3 is 1. The highest BCUT2D eigenvalue weighted by molar-refractivity contribution is 5.98. The fourth-order valence-electron chi connectivity index (χ4n) is 6.07. The second-order valence-electron chi connectivity index (χ2n) is 11.4. The predicted molar refractivity (Wildman–Crippen MR) is 164 cm³/mol. The fourth-order valence-corrected chi connectivity index (χ4v) is 6.07. The summed E-state index contributed by atoms with van der Waals surface area (Å²) < 4.78 is 21.4. The van der Waals surface area contributed by atoms with E-state index < -0.39 is 0 Å².